The van der Waals surface area contributed by atoms with Crippen LogP contribution in [0.25, 0.3) is 0 Å². The maximum absolute atomic E-state index is 12.9. The molecule has 0 spiro atoms. The van der Waals surface area contributed by atoms with Crippen LogP contribution in [0.15, 0.2) is 12.1 Å². The van der Waals surface area contributed by atoms with Gasteiger partial charge in [0, 0.05) is 0 Å². The highest BCUT2D eigenvalue weighted by Gasteiger charge is 2.15. The van der Waals surface area contributed by atoms with E-state index < -0.39 is 17.3 Å². The Labute approximate surface area is 78.0 Å². The molecule has 1 aromatic rings. The molecule has 0 heterocycles. The first-order valence-electron chi connectivity index (χ1n) is 3.18. The third-order valence-electron chi connectivity index (χ3n) is 1.39. The fraction of sp³-hybridized carbons (Fsp3) is 0. The Morgan fingerprint density at radius 3 is 2.62 bits per heavy atom. The van der Waals surface area contributed by atoms with Crippen LogP contribution in [0.4, 0.5) is 4.39 Å². The number of halogens is 2. The van der Waals surface area contributed by atoms with Crippen molar-refractivity contribution in [3.05, 3.63) is 34.1 Å². The number of nitrogens with zero attached hydrogens (tertiary/aromatic N) is 1. The van der Waals surface area contributed by atoms with Crippen LogP contribution >= 0.6 is 11.6 Å². The molecule has 0 amide bonds. The van der Waals surface area contributed by atoms with Gasteiger partial charge in [0.2, 0.25) is 0 Å². The van der Waals surface area contributed by atoms with Crippen LogP contribution in [0.1, 0.15) is 15.9 Å². The summed E-state index contributed by atoms with van der Waals surface area (Å²) in [6, 6.07) is 3.59. The van der Waals surface area contributed by atoms with Crippen molar-refractivity contribution in [2.45, 2.75) is 0 Å². The molecule has 0 unspecified atom stereocenters. The molecule has 0 atom stereocenters. The standard InChI is InChI=1S/C8H3ClFNO2/c9-5-1-4(3-11)2-6(10)7(5)8(12)13/h1-2H,(H,12,13). The summed E-state index contributed by atoms with van der Waals surface area (Å²) in [4.78, 5) is 10.4. The molecule has 0 saturated carbocycles. The van der Waals surface area contributed by atoms with Crippen LogP contribution in [0.2, 0.25) is 5.02 Å². The highest BCUT2D eigenvalue weighted by molar-refractivity contribution is 6.33. The SMILES string of the molecule is N#Cc1cc(F)c(C(=O)O)c(Cl)c1. The fourth-order valence-corrected chi connectivity index (χ4v) is 1.13. The molecule has 0 aliphatic heterocycles. The molecular weight excluding hydrogens is 197 g/mol. The maximum atomic E-state index is 12.9. The van der Waals surface area contributed by atoms with Gasteiger partial charge in [-0.25, -0.2) is 9.18 Å². The minimum atomic E-state index is -1.45. The lowest BCUT2D eigenvalue weighted by atomic mass is 10.1. The maximum Gasteiger partial charge on any atom is 0.340 e. The van der Waals surface area contributed by atoms with Gasteiger partial charge in [-0.05, 0) is 12.1 Å². The summed E-state index contributed by atoms with van der Waals surface area (Å²) in [6.45, 7) is 0. The fourth-order valence-electron chi connectivity index (χ4n) is 0.842. The summed E-state index contributed by atoms with van der Waals surface area (Å²) in [5, 5.41) is 16.6. The molecule has 1 N–H and O–H groups in total. The molecule has 1 rings (SSSR count). The molecule has 1 aromatic carbocycles. The summed E-state index contributed by atoms with van der Waals surface area (Å²) in [7, 11) is 0. The summed E-state index contributed by atoms with van der Waals surface area (Å²) in [6.07, 6.45) is 0. The summed E-state index contributed by atoms with van der Waals surface area (Å²) < 4.78 is 12.9. The zero-order chi connectivity index (χ0) is 10.0. The van der Waals surface area contributed by atoms with E-state index in [1.165, 1.54) is 0 Å². The third-order valence-corrected chi connectivity index (χ3v) is 1.68. The summed E-state index contributed by atoms with van der Waals surface area (Å²) in [5.74, 6) is -2.46. The minimum Gasteiger partial charge on any atom is -0.478 e. The van der Waals surface area contributed by atoms with Crippen molar-refractivity contribution in [2.75, 3.05) is 0 Å². The van der Waals surface area contributed by atoms with Crippen molar-refractivity contribution < 1.29 is 14.3 Å². The van der Waals surface area contributed by atoms with Crippen molar-refractivity contribution in [2.24, 2.45) is 0 Å². The van der Waals surface area contributed by atoms with E-state index in [1.807, 2.05) is 0 Å². The van der Waals surface area contributed by atoms with E-state index in [1.54, 1.807) is 6.07 Å². The van der Waals surface area contributed by atoms with E-state index in [9.17, 15) is 9.18 Å². The van der Waals surface area contributed by atoms with Crippen LogP contribution in [0, 0.1) is 17.1 Å². The Balaban J connectivity index is 3.42. The van der Waals surface area contributed by atoms with Gasteiger partial charge in [-0.3, -0.25) is 0 Å². The average Bonchev–Trinajstić information content (AvgIpc) is 2.02. The van der Waals surface area contributed by atoms with Crippen LogP contribution in [0.5, 0.6) is 0 Å². The van der Waals surface area contributed by atoms with Crippen LogP contribution < -0.4 is 0 Å². The molecule has 3 nitrogen and oxygen atoms in total. The Morgan fingerprint density at radius 1 is 1.62 bits per heavy atom. The second-order valence-corrected chi connectivity index (χ2v) is 2.64. The van der Waals surface area contributed by atoms with Gasteiger partial charge >= 0.3 is 5.97 Å². The molecule has 0 fully saturated rings. The second-order valence-electron chi connectivity index (χ2n) is 2.23. The minimum absolute atomic E-state index is 0.00694. The van der Waals surface area contributed by atoms with Crippen molar-refractivity contribution in [1.29, 1.82) is 5.26 Å². The van der Waals surface area contributed by atoms with Gasteiger partial charge in [-0.1, -0.05) is 11.6 Å². The van der Waals surface area contributed by atoms with Crippen molar-refractivity contribution in [1.82, 2.24) is 0 Å². The number of nitriles is 1. The van der Waals surface area contributed by atoms with Crippen LogP contribution in [-0.4, -0.2) is 11.1 Å². The number of hydrogen-bond acceptors (Lipinski definition) is 2. The number of benzene rings is 1. The molecule has 0 aromatic heterocycles. The summed E-state index contributed by atoms with van der Waals surface area (Å²) in [5.41, 5.74) is -0.617. The molecule has 0 aliphatic carbocycles. The topological polar surface area (TPSA) is 61.1 Å². The van der Waals surface area contributed by atoms with Gasteiger partial charge in [0.1, 0.15) is 11.4 Å². The molecule has 5 heteroatoms. The van der Waals surface area contributed by atoms with E-state index in [2.05, 4.69) is 0 Å². The molecule has 0 saturated heterocycles. The number of aromatic carboxylic acids is 1. The number of rotatable bonds is 1. The Morgan fingerprint density at radius 2 is 2.23 bits per heavy atom. The van der Waals surface area contributed by atoms with Gasteiger partial charge < -0.3 is 5.11 Å². The van der Waals surface area contributed by atoms with Gasteiger partial charge in [-0.15, -0.1) is 0 Å². The Kier molecular flexibility index (Phi) is 2.49. The van der Waals surface area contributed by atoms with E-state index in [0.29, 0.717) is 0 Å². The lowest BCUT2D eigenvalue weighted by Gasteiger charge is -2.00. The number of carboxylic acid groups (broad SMARTS) is 1. The first-order chi connectivity index (χ1) is 6.06. The van der Waals surface area contributed by atoms with Crippen LogP contribution in [-0.2, 0) is 0 Å². The predicted octanol–water partition coefficient (Wildman–Crippen LogP) is 2.05. The van der Waals surface area contributed by atoms with E-state index in [0.717, 1.165) is 12.1 Å². The smallest absolute Gasteiger partial charge is 0.340 e. The highest BCUT2D eigenvalue weighted by Crippen LogP contribution is 2.21. The summed E-state index contributed by atoms with van der Waals surface area (Å²) >= 11 is 5.44. The van der Waals surface area contributed by atoms with Crippen LogP contribution in [0.3, 0.4) is 0 Å². The van der Waals surface area contributed by atoms with Crippen molar-refractivity contribution >= 4 is 17.6 Å². The third kappa shape index (κ3) is 1.76. The predicted molar refractivity (Wildman–Crippen MR) is 43.1 cm³/mol. The van der Waals surface area contributed by atoms with Gasteiger partial charge in [0.25, 0.3) is 0 Å². The highest BCUT2D eigenvalue weighted by atomic mass is 35.5. The molecule has 66 valence electrons. The van der Waals surface area contributed by atoms with E-state index in [4.69, 9.17) is 22.0 Å². The number of carboxylic acids is 1. The first-order valence-corrected chi connectivity index (χ1v) is 3.56. The first kappa shape index (κ1) is 9.49. The van der Waals surface area contributed by atoms with E-state index in [-0.39, 0.29) is 10.6 Å². The van der Waals surface area contributed by atoms with Crippen molar-refractivity contribution in [3.63, 3.8) is 0 Å². The zero-order valence-electron chi connectivity index (χ0n) is 6.21. The lowest BCUT2D eigenvalue weighted by molar-refractivity contribution is 0.0692. The average molecular weight is 200 g/mol. The van der Waals surface area contributed by atoms with Crippen molar-refractivity contribution in [3.8, 4) is 6.07 Å². The monoisotopic (exact) mass is 199 g/mol. The number of hydrogen-bond donors (Lipinski definition) is 1. The van der Waals surface area contributed by atoms with Gasteiger partial charge in [0.15, 0.2) is 0 Å². The molecule has 13 heavy (non-hydrogen) atoms. The van der Waals surface area contributed by atoms with Gasteiger partial charge in [0.05, 0.1) is 16.7 Å². The molecule has 0 aliphatic rings. The Hall–Kier alpha value is -1.60. The normalized spacial score (nSPS) is 9.31. The number of carbonyl (C=O) groups is 1. The zero-order valence-corrected chi connectivity index (χ0v) is 6.97. The van der Waals surface area contributed by atoms with Gasteiger partial charge in [-0.2, -0.15) is 5.26 Å². The second kappa shape index (κ2) is 3.42. The lowest BCUT2D eigenvalue weighted by Crippen LogP contribution is -2.02. The Bertz CT molecular complexity index is 388. The molecule has 0 bridgehead atoms. The molecule has 0 radical (unpaired) electrons. The van der Waals surface area contributed by atoms with E-state index >= 15 is 0 Å². The quantitative estimate of drug-likeness (QED) is 0.753. The molecular formula is C8H3ClFNO2. The largest absolute Gasteiger partial charge is 0.478 e.